The maximum Gasteiger partial charge on any atom is 0.253 e. The van der Waals surface area contributed by atoms with Crippen LogP contribution in [0.3, 0.4) is 0 Å². The number of aromatic nitrogens is 1. The van der Waals surface area contributed by atoms with E-state index in [0.717, 1.165) is 24.2 Å². The van der Waals surface area contributed by atoms with Crippen LogP contribution in [0.15, 0.2) is 83.8 Å². The van der Waals surface area contributed by atoms with E-state index in [1.54, 1.807) is 0 Å². The second-order valence-corrected chi connectivity index (χ2v) is 8.33. The van der Waals surface area contributed by atoms with Gasteiger partial charge in [-0.25, -0.2) is 0 Å². The molecule has 2 aromatic carbocycles. The predicted molar refractivity (Wildman–Crippen MR) is 127 cm³/mol. The number of nitrogens with zero attached hydrogens (tertiary/aromatic N) is 3. The van der Waals surface area contributed by atoms with Crippen LogP contribution in [0.1, 0.15) is 27.5 Å². The molecule has 2 amide bonds. The number of hydrogen-bond donors (Lipinski definition) is 1. The van der Waals surface area contributed by atoms with Crippen molar-refractivity contribution in [2.45, 2.75) is 19.1 Å². The number of amides is 2. The van der Waals surface area contributed by atoms with Crippen LogP contribution >= 0.6 is 0 Å². The number of carbonyl (C=O) groups excluding carboxylic acids is 2. The Balaban J connectivity index is 1.48. The fourth-order valence-corrected chi connectivity index (χ4v) is 4.08. The number of pyridine rings is 1. The molecule has 1 aliphatic rings. The highest BCUT2D eigenvalue weighted by molar-refractivity contribution is 5.93. The van der Waals surface area contributed by atoms with Gasteiger partial charge in [0.05, 0.1) is 11.6 Å². The highest BCUT2D eigenvalue weighted by Crippen LogP contribution is 2.25. The molecule has 4 rings (SSSR count). The summed E-state index contributed by atoms with van der Waals surface area (Å²) in [5.74, 6) is -0.428. The molecule has 1 atom stereocenters. The molecular weight excluding hydrogens is 416 g/mol. The van der Waals surface area contributed by atoms with Crippen molar-refractivity contribution in [2.75, 3.05) is 26.7 Å². The Morgan fingerprint density at radius 3 is 2.36 bits per heavy atom. The van der Waals surface area contributed by atoms with Crippen molar-refractivity contribution < 1.29 is 9.59 Å². The van der Waals surface area contributed by atoms with E-state index in [0.29, 0.717) is 18.7 Å². The summed E-state index contributed by atoms with van der Waals surface area (Å²) in [5.41, 5.74) is 2.08. The Hall–Kier alpha value is -3.71. The maximum absolute atomic E-state index is 13.2. The van der Waals surface area contributed by atoms with E-state index >= 15 is 0 Å². The fourth-order valence-electron chi connectivity index (χ4n) is 4.08. The monoisotopic (exact) mass is 444 g/mol. The van der Waals surface area contributed by atoms with Crippen LogP contribution in [0.25, 0.3) is 0 Å². The van der Waals surface area contributed by atoms with E-state index in [-0.39, 0.29) is 30.0 Å². The zero-order valence-electron chi connectivity index (χ0n) is 18.7. The Labute approximate surface area is 193 Å². The molecule has 2 heterocycles. The zero-order chi connectivity index (χ0) is 23.2. The SMILES string of the molecule is CN1CCN(C(=O)Cn2cc(C(=O)NCc3ccccc3)ccc2=O)C(c2ccccc2)C1. The van der Waals surface area contributed by atoms with Crippen LogP contribution < -0.4 is 10.9 Å². The van der Waals surface area contributed by atoms with Crippen LogP contribution in [0, 0.1) is 0 Å². The summed E-state index contributed by atoms with van der Waals surface area (Å²) in [5, 5.41) is 2.86. The second kappa shape index (κ2) is 10.3. The van der Waals surface area contributed by atoms with Crippen molar-refractivity contribution in [1.29, 1.82) is 0 Å². The summed E-state index contributed by atoms with van der Waals surface area (Å²) in [4.78, 5) is 42.3. The van der Waals surface area contributed by atoms with Gasteiger partial charge in [0.25, 0.3) is 11.5 Å². The topological polar surface area (TPSA) is 74.7 Å². The number of piperazine rings is 1. The lowest BCUT2D eigenvalue weighted by molar-refractivity contribution is -0.136. The van der Waals surface area contributed by atoms with Gasteiger partial charge in [0.15, 0.2) is 0 Å². The molecule has 1 aliphatic heterocycles. The van der Waals surface area contributed by atoms with Crippen molar-refractivity contribution in [1.82, 2.24) is 19.7 Å². The summed E-state index contributed by atoms with van der Waals surface area (Å²) >= 11 is 0. The molecule has 170 valence electrons. The van der Waals surface area contributed by atoms with Crippen molar-refractivity contribution in [3.05, 3.63) is 106 Å². The van der Waals surface area contributed by atoms with Crippen molar-refractivity contribution >= 4 is 11.8 Å². The van der Waals surface area contributed by atoms with Crippen LogP contribution in [-0.2, 0) is 17.9 Å². The Kier molecular flexibility index (Phi) is 7.00. The molecule has 1 saturated heterocycles. The van der Waals surface area contributed by atoms with E-state index in [1.807, 2.05) is 72.6 Å². The van der Waals surface area contributed by atoms with Gasteiger partial charge in [-0.3, -0.25) is 14.4 Å². The summed E-state index contributed by atoms with van der Waals surface area (Å²) in [6.07, 6.45) is 1.47. The van der Waals surface area contributed by atoms with Gasteiger partial charge in [0.1, 0.15) is 6.54 Å². The van der Waals surface area contributed by atoms with Crippen LogP contribution in [0.4, 0.5) is 0 Å². The first-order chi connectivity index (χ1) is 16.0. The molecule has 1 fully saturated rings. The summed E-state index contributed by atoms with van der Waals surface area (Å²) in [6, 6.07) is 22.3. The first kappa shape index (κ1) is 22.5. The van der Waals surface area contributed by atoms with E-state index in [2.05, 4.69) is 10.2 Å². The Bertz CT molecular complexity index is 1160. The van der Waals surface area contributed by atoms with E-state index in [9.17, 15) is 14.4 Å². The van der Waals surface area contributed by atoms with Crippen molar-refractivity contribution in [3.8, 4) is 0 Å². The first-order valence-corrected chi connectivity index (χ1v) is 11.1. The average Bonchev–Trinajstić information content (AvgIpc) is 2.85. The molecule has 0 bridgehead atoms. The first-order valence-electron chi connectivity index (χ1n) is 11.1. The molecule has 3 aromatic rings. The molecule has 0 saturated carbocycles. The molecule has 7 heteroatoms. The minimum absolute atomic E-state index is 0.0782. The molecule has 33 heavy (non-hydrogen) atoms. The molecule has 1 N–H and O–H groups in total. The van der Waals surface area contributed by atoms with Gasteiger partial charge in [0, 0.05) is 38.4 Å². The van der Waals surface area contributed by atoms with Crippen LogP contribution in [-0.4, -0.2) is 52.9 Å². The van der Waals surface area contributed by atoms with Gasteiger partial charge in [-0.05, 0) is 24.2 Å². The van der Waals surface area contributed by atoms with Crippen LogP contribution in [0.2, 0.25) is 0 Å². The lowest BCUT2D eigenvalue weighted by Gasteiger charge is -2.40. The maximum atomic E-state index is 13.2. The molecule has 1 unspecified atom stereocenters. The van der Waals surface area contributed by atoms with Gasteiger partial charge in [0.2, 0.25) is 5.91 Å². The minimum Gasteiger partial charge on any atom is -0.348 e. The molecule has 0 aliphatic carbocycles. The largest absolute Gasteiger partial charge is 0.348 e. The molecule has 7 nitrogen and oxygen atoms in total. The lowest BCUT2D eigenvalue weighted by atomic mass is 10.0. The van der Waals surface area contributed by atoms with Gasteiger partial charge in [-0.15, -0.1) is 0 Å². The quantitative estimate of drug-likeness (QED) is 0.633. The Morgan fingerprint density at radius 1 is 0.939 bits per heavy atom. The van der Waals surface area contributed by atoms with E-state index in [1.165, 1.54) is 22.9 Å². The smallest absolute Gasteiger partial charge is 0.253 e. The zero-order valence-corrected chi connectivity index (χ0v) is 18.7. The van der Waals surface area contributed by atoms with Gasteiger partial charge in [-0.2, -0.15) is 0 Å². The third-order valence-corrected chi connectivity index (χ3v) is 5.94. The average molecular weight is 445 g/mol. The molecule has 0 radical (unpaired) electrons. The number of carbonyl (C=O) groups is 2. The molecule has 1 aromatic heterocycles. The minimum atomic E-state index is -0.312. The summed E-state index contributed by atoms with van der Waals surface area (Å²) in [6.45, 7) is 2.36. The molecule has 0 spiro atoms. The summed E-state index contributed by atoms with van der Waals surface area (Å²) in [7, 11) is 2.04. The van der Waals surface area contributed by atoms with Crippen molar-refractivity contribution in [2.24, 2.45) is 0 Å². The van der Waals surface area contributed by atoms with Crippen LogP contribution in [0.5, 0.6) is 0 Å². The van der Waals surface area contributed by atoms with Gasteiger partial charge < -0.3 is 19.7 Å². The normalized spacial score (nSPS) is 16.4. The third kappa shape index (κ3) is 5.56. The van der Waals surface area contributed by atoms with Gasteiger partial charge in [-0.1, -0.05) is 60.7 Å². The number of nitrogens with one attached hydrogen (secondary N) is 1. The third-order valence-electron chi connectivity index (χ3n) is 5.94. The summed E-state index contributed by atoms with van der Waals surface area (Å²) < 4.78 is 1.32. The highest BCUT2D eigenvalue weighted by Gasteiger charge is 2.30. The lowest BCUT2D eigenvalue weighted by Crippen LogP contribution is -2.50. The number of hydrogen-bond acceptors (Lipinski definition) is 4. The van der Waals surface area contributed by atoms with Gasteiger partial charge >= 0.3 is 0 Å². The van der Waals surface area contributed by atoms with E-state index < -0.39 is 0 Å². The second-order valence-electron chi connectivity index (χ2n) is 8.33. The number of rotatable bonds is 6. The highest BCUT2D eigenvalue weighted by atomic mass is 16.2. The number of benzene rings is 2. The molecular formula is C26H28N4O3. The predicted octanol–water partition coefficient (Wildman–Crippen LogP) is 2.29. The Morgan fingerprint density at radius 2 is 1.64 bits per heavy atom. The fraction of sp³-hybridized carbons (Fsp3) is 0.269. The number of likely N-dealkylation sites (N-methyl/N-ethyl adjacent to an activating group) is 1. The van der Waals surface area contributed by atoms with E-state index in [4.69, 9.17) is 0 Å². The standard InChI is InChI=1S/C26H28N4O3/c1-28-14-15-30(23(18-28)21-10-6-3-7-11-21)25(32)19-29-17-22(12-13-24(29)31)26(33)27-16-20-8-4-2-5-9-20/h2-13,17,23H,14-16,18-19H2,1H3,(H,27,33). The van der Waals surface area contributed by atoms with Crippen molar-refractivity contribution in [3.63, 3.8) is 0 Å².